The average molecular weight is 352 g/mol. The molecule has 1 aromatic rings. The van der Waals surface area contributed by atoms with Crippen molar-refractivity contribution in [3.05, 3.63) is 35.9 Å². The molecule has 2 unspecified atom stereocenters. The molecular weight excluding hydrogens is 332 g/mol. The summed E-state index contributed by atoms with van der Waals surface area (Å²) in [5.74, 6) is -1.21. The van der Waals surface area contributed by atoms with E-state index < -0.39 is 48.9 Å². The summed E-state index contributed by atoms with van der Waals surface area (Å²) in [6, 6.07) is 9.25. The van der Waals surface area contributed by atoms with Gasteiger partial charge in [-0.3, -0.25) is 9.59 Å². The quantitative estimate of drug-likeness (QED) is 0.793. The molecule has 1 aromatic carbocycles. The number of aliphatic hydroxyl groups is 1. The zero-order chi connectivity index (χ0) is 18.0. The maximum Gasteiger partial charge on any atom is 0.303 e. The molecular formula is C17H20O8. The maximum absolute atomic E-state index is 11.5. The van der Waals surface area contributed by atoms with E-state index >= 15 is 0 Å². The number of esters is 2. The minimum Gasteiger partial charge on any atom is -0.455 e. The standard InChI is InChI=1S/C17H20O8/c1-9(18)22-14-13-12(24-16(20)15(14)23-10(2)19)8-21-17(25-13)11-6-4-3-5-7-11/h3-7,12-17,20H,8H2,1-2H3/t12-,13-,14+,15-,16?,17?/m1/s1. The van der Waals surface area contributed by atoms with Gasteiger partial charge < -0.3 is 28.8 Å². The van der Waals surface area contributed by atoms with Crippen LogP contribution in [0.3, 0.4) is 0 Å². The lowest BCUT2D eigenvalue weighted by molar-refractivity contribution is -0.355. The number of fused-ring (bicyclic) bond motifs is 1. The van der Waals surface area contributed by atoms with Gasteiger partial charge in [-0.2, -0.15) is 0 Å². The first-order valence-corrected chi connectivity index (χ1v) is 7.95. The second kappa shape index (κ2) is 7.49. The van der Waals surface area contributed by atoms with Gasteiger partial charge in [0.15, 0.2) is 24.8 Å². The van der Waals surface area contributed by atoms with Crippen LogP contribution in [0.2, 0.25) is 0 Å². The molecule has 2 aliphatic heterocycles. The van der Waals surface area contributed by atoms with Crippen molar-refractivity contribution in [2.45, 2.75) is 50.8 Å². The van der Waals surface area contributed by atoms with Gasteiger partial charge in [0.1, 0.15) is 12.2 Å². The highest BCUT2D eigenvalue weighted by atomic mass is 16.7. The number of ether oxygens (including phenoxy) is 5. The Labute approximate surface area is 144 Å². The fourth-order valence-electron chi connectivity index (χ4n) is 2.99. The lowest BCUT2D eigenvalue weighted by Gasteiger charge is -2.46. The van der Waals surface area contributed by atoms with Gasteiger partial charge in [0.25, 0.3) is 0 Å². The zero-order valence-corrected chi connectivity index (χ0v) is 13.9. The van der Waals surface area contributed by atoms with Crippen LogP contribution in [0.25, 0.3) is 0 Å². The molecule has 8 nitrogen and oxygen atoms in total. The van der Waals surface area contributed by atoms with Crippen molar-refractivity contribution < 1.29 is 38.4 Å². The largest absolute Gasteiger partial charge is 0.455 e. The molecule has 0 spiro atoms. The van der Waals surface area contributed by atoms with Crippen LogP contribution in [0.5, 0.6) is 0 Å². The SMILES string of the molecule is CC(=O)O[C@H]1[C@@H]2OC(c3ccccc3)OC[C@H]2OC(O)[C@@H]1OC(C)=O. The average Bonchev–Trinajstić information content (AvgIpc) is 2.58. The van der Waals surface area contributed by atoms with Crippen LogP contribution in [0.15, 0.2) is 30.3 Å². The summed E-state index contributed by atoms with van der Waals surface area (Å²) >= 11 is 0. The first-order chi connectivity index (χ1) is 12.0. The van der Waals surface area contributed by atoms with E-state index in [4.69, 9.17) is 23.7 Å². The minimum absolute atomic E-state index is 0.131. The number of hydrogen-bond donors (Lipinski definition) is 1. The van der Waals surface area contributed by atoms with Crippen LogP contribution >= 0.6 is 0 Å². The zero-order valence-electron chi connectivity index (χ0n) is 13.9. The van der Waals surface area contributed by atoms with Gasteiger partial charge in [0.2, 0.25) is 0 Å². The van der Waals surface area contributed by atoms with E-state index in [-0.39, 0.29) is 6.61 Å². The number of carbonyl (C=O) groups excluding carboxylic acids is 2. The van der Waals surface area contributed by atoms with Crippen LogP contribution in [0, 0.1) is 0 Å². The fourth-order valence-corrected chi connectivity index (χ4v) is 2.99. The van der Waals surface area contributed by atoms with Crippen molar-refractivity contribution in [1.82, 2.24) is 0 Å². The lowest BCUT2D eigenvalue weighted by Crippen LogP contribution is -2.63. The summed E-state index contributed by atoms with van der Waals surface area (Å²) in [5, 5.41) is 10.1. The van der Waals surface area contributed by atoms with E-state index in [2.05, 4.69) is 0 Å². The van der Waals surface area contributed by atoms with E-state index in [9.17, 15) is 14.7 Å². The maximum atomic E-state index is 11.5. The molecule has 8 heteroatoms. The molecule has 0 aromatic heterocycles. The first kappa shape index (κ1) is 17.8. The Morgan fingerprint density at radius 3 is 2.32 bits per heavy atom. The highest BCUT2D eigenvalue weighted by molar-refractivity contribution is 5.67. The number of carbonyl (C=O) groups is 2. The van der Waals surface area contributed by atoms with Crippen LogP contribution in [0.1, 0.15) is 25.7 Å². The highest BCUT2D eigenvalue weighted by Crippen LogP contribution is 2.35. The summed E-state index contributed by atoms with van der Waals surface area (Å²) in [6.45, 7) is 2.56. The minimum atomic E-state index is -1.45. The van der Waals surface area contributed by atoms with Crippen molar-refractivity contribution in [3.8, 4) is 0 Å². The molecule has 25 heavy (non-hydrogen) atoms. The van der Waals surface area contributed by atoms with E-state index in [1.54, 1.807) is 0 Å². The van der Waals surface area contributed by atoms with Gasteiger partial charge in [-0.05, 0) is 0 Å². The van der Waals surface area contributed by atoms with E-state index in [0.29, 0.717) is 0 Å². The Morgan fingerprint density at radius 2 is 1.68 bits per heavy atom. The van der Waals surface area contributed by atoms with Gasteiger partial charge in [-0.15, -0.1) is 0 Å². The second-order valence-corrected chi connectivity index (χ2v) is 5.89. The molecule has 0 bridgehead atoms. The summed E-state index contributed by atoms with van der Waals surface area (Å²) in [7, 11) is 0. The van der Waals surface area contributed by atoms with Crippen LogP contribution in [-0.4, -0.2) is 54.4 Å². The van der Waals surface area contributed by atoms with Crippen molar-refractivity contribution in [3.63, 3.8) is 0 Å². The Kier molecular flexibility index (Phi) is 5.33. The van der Waals surface area contributed by atoms with Crippen molar-refractivity contribution in [2.75, 3.05) is 6.61 Å². The molecule has 2 saturated heterocycles. The summed E-state index contributed by atoms with van der Waals surface area (Å²) in [5.41, 5.74) is 0.790. The molecule has 3 rings (SSSR count). The topological polar surface area (TPSA) is 101 Å². The van der Waals surface area contributed by atoms with Crippen LogP contribution in [-0.2, 0) is 33.3 Å². The lowest BCUT2D eigenvalue weighted by atomic mass is 9.97. The summed E-state index contributed by atoms with van der Waals surface area (Å²) in [4.78, 5) is 22.8. The number of aliphatic hydroxyl groups excluding tert-OH is 1. The molecule has 2 aliphatic rings. The first-order valence-electron chi connectivity index (χ1n) is 7.95. The van der Waals surface area contributed by atoms with Gasteiger partial charge in [0, 0.05) is 19.4 Å². The number of rotatable bonds is 3. The molecule has 1 N–H and O–H groups in total. The third-order valence-corrected chi connectivity index (χ3v) is 3.98. The summed E-state index contributed by atoms with van der Waals surface area (Å²) < 4.78 is 27.4. The van der Waals surface area contributed by atoms with Gasteiger partial charge >= 0.3 is 11.9 Å². The van der Waals surface area contributed by atoms with Crippen LogP contribution < -0.4 is 0 Å². The van der Waals surface area contributed by atoms with Crippen molar-refractivity contribution >= 4 is 11.9 Å². The van der Waals surface area contributed by atoms with E-state index in [0.717, 1.165) is 5.56 Å². The van der Waals surface area contributed by atoms with Crippen molar-refractivity contribution in [2.24, 2.45) is 0 Å². The molecule has 2 fully saturated rings. The predicted molar refractivity (Wildman–Crippen MR) is 82.0 cm³/mol. The smallest absolute Gasteiger partial charge is 0.303 e. The monoisotopic (exact) mass is 352 g/mol. The highest BCUT2D eigenvalue weighted by Gasteiger charge is 2.52. The summed E-state index contributed by atoms with van der Waals surface area (Å²) in [6.07, 6.45) is -5.74. The van der Waals surface area contributed by atoms with Gasteiger partial charge in [-0.25, -0.2) is 0 Å². The third-order valence-electron chi connectivity index (χ3n) is 3.98. The molecule has 136 valence electrons. The molecule has 2 heterocycles. The third kappa shape index (κ3) is 3.98. The Hall–Kier alpha value is -2.00. The normalized spacial score (nSPS) is 34.7. The molecule has 0 aliphatic carbocycles. The fraction of sp³-hybridized carbons (Fsp3) is 0.529. The predicted octanol–water partition coefficient (Wildman–Crippen LogP) is 0.681. The van der Waals surface area contributed by atoms with Crippen LogP contribution in [0.4, 0.5) is 0 Å². The van der Waals surface area contributed by atoms with Gasteiger partial charge in [-0.1, -0.05) is 30.3 Å². The number of hydrogen-bond acceptors (Lipinski definition) is 8. The van der Waals surface area contributed by atoms with Crippen molar-refractivity contribution in [1.29, 1.82) is 0 Å². The second-order valence-electron chi connectivity index (χ2n) is 5.89. The molecule has 0 saturated carbocycles. The number of benzene rings is 1. The molecule has 6 atom stereocenters. The van der Waals surface area contributed by atoms with E-state index in [1.807, 2.05) is 30.3 Å². The Bertz CT molecular complexity index is 618. The Balaban J connectivity index is 1.84. The molecule has 0 amide bonds. The Morgan fingerprint density at radius 1 is 1.04 bits per heavy atom. The molecule has 0 radical (unpaired) electrons. The van der Waals surface area contributed by atoms with Gasteiger partial charge in [0.05, 0.1) is 6.61 Å². The van der Waals surface area contributed by atoms with E-state index in [1.165, 1.54) is 13.8 Å².